The molecule has 2 heterocycles. The van der Waals surface area contributed by atoms with Crippen molar-refractivity contribution in [3.05, 3.63) is 30.1 Å². The van der Waals surface area contributed by atoms with Gasteiger partial charge in [-0.15, -0.1) is 0 Å². The van der Waals surface area contributed by atoms with Gasteiger partial charge in [0.25, 0.3) is 0 Å². The second kappa shape index (κ2) is 12.0. The van der Waals surface area contributed by atoms with Crippen LogP contribution in [0.4, 0.5) is 4.39 Å². The summed E-state index contributed by atoms with van der Waals surface area (Å²) in [5.74, 6) is 1.05. The van der Waals surface area contributed by atoms with Crippen molar-refractivity contribution in [1.82, 2.24) is 9.80 Å². The second-order valence-corrected chi connectivity index (χ2v) is 10.3. The Morgan fingerprint density at radius 2 is 1.65 bits per heavy atom. The van der Waals surface area contributed by atoms with Gasteiger partial charge in [-0.2, -0.15) is 0 Å². The van der Waals surface area contributed by atoms with E-state index in [-0.39, 0.29) is 30.7 Å². The molecule has 0 spiro atoms. The van der Waals surface area contributed by atoms with E-state index in [0.29, 0.717) is 37.8 Å². The van der Waals surface area contributed by atoms with Crippen LogP contribution in [0.15, 0.2) is 24.3 Å². The van der Waals surface area contributed by atoms with Crippen molar-refractivity contribution in [2.45, 2.75) is 76.2 Å². The number of amides is 2. The zero-order chi connectivity index (χ0) is 23.8. The molecule has 1 aromatic rings. The summed E-state index contributed by atoms with van der Waals surface area (Å²) in [6, 6.07) is 5.85. The normalized spacial score (nSPS) is 24.1. The molecule has 1 atom stereocenters. The number of benzene rings is 1. The summed E-state index contributed by atoms with van der Waals surface area (Å²) in [4.78, 5) is 30.1. The van der Waals surface area contributed by atoms with E-state index in [1.165, 1.54) is 44.2 Å². The highest BCUT2D eigenvalue weighted by molar-refractivity contribution is 5.79. The predicted molar refractivity (Wildman–Crippen MR) is 128 cm³/mol. The number of hydrogen-bond acceptors (Lipinski definition) is 4. The summed E-state index contributed by atoms with van der Waals surface area (Å²) < 4.78 is 25.5. The summed E-state index contributed by atoms with van der Waals surface area (Å²) in [6.07, 6.45) is 11.2. The highest BCUT2D eigenvalue weighted by Gasteiger charge is 2.42. The quantitative estimate of drug-likeness (QED) is 0.554. The van der Waals surface area contributed by atoms with E-state index >= 15 is 0 Å². The highest BCUT2D eigenvalue weighted by atomic mass is 19.1. The number of likely N-dealkylation sites (tertiary alicyclic amines) is 1. The van der Waals surface area contributed by atoms with E-state index in [1.54, 1.807) is 12.1 Å². The molecule has 0 bridgehead atoms. The molecular weight excluding hydrogens is 435 g/mol. The minimum Gasteiger partial charge on any atom is -0.490 e. The van der Waals surface area contributed by atoms with E-state index < -0.39 is 5.60 Å². The number of hydrogen-bond donors (Lipinski definition) is 0. The molecule has 34 heavy (non-hydrogen) atoms. The first-order valence-electron chi connectivity index (χ1n) is 13.1. The maximum Gasteiger partial charge on any atom is 0.225 e. The first kappa shape index (κ1) is 25.0. The van der Waals surface area contributed by atoms with Crippen LogP contribution in [0.25, 0.3) is 0 Å². The first-order valence-corrected chi connectivity index (χ1v) is 13.1. The Balaban J connectivity index is 1.41. The van der Waals surface area contributed by atoms with Gasteiger partial charge in [-0.1, -0.05) is 32.1 Å². The molecule has 3 fully saturated rings. The largest absolute Gasteiger partial charge is 0.490 e. The average molecular weight is 475 g/mol. The third-order valence-electron chi connectivity index (χ3n) is 7.59. The fourth-order valence-corrected chi connectivity index (χ4v) is 5.54. The van der Waals surface area contributed by atoms with Gasteiger partial charge in [0.2, 0.25) is 11.8 Å². The summed E-state index contributed by atoms with van der Waals surface area (Å²) in [5, 5.41) is 0. The lowest BCUT2D eigenvalue weighted by Gasteiger charge is -2.43. The Morgan fingerprint density at radius 3 is 2.38 bits per heavy atom. The first-order chi connectivity index (χ1) is 16.5. The molecule has 2 amide bonds. The van der Waals surface area contributed by atoms with E-state index in [4.69, 9.17) is 9.47 Å². The fourth-order valence-electron chi connectivity index (χ4n) is 5.54. The lowest BCUT2D eigenvalue weighted by atomic mass is 9.86. The zero-order valence-corrected chi connectivity index (χ0v) is 20.3. The average Bonchev–Trinajstić information content (AvgIpc) is 2.88. The van der Waals surface area contributed by atoms with Crippen LogP contribution in [-0.4, -0.2) is 66.6 Å². The molecule has 3 aliphatic rings. The standard InChI is InChI=1S/C27H39FN2O4/c28-23-10-12-24(13-11-23)33-21-27(19-26(32)29-15-5-2-6-16-29)20-30(17-18-34-27)25(31)14-9-22-7-3-1-4-8-22/h10-13,22H,1-9,14-21H2. The van der Waals surface area contributed by atoms with Crippen molar-refractivity contribution in [3.63, 3.8) is 0 Å². The van der Waals surface area contributed by atoms with Gasteiger partial charge in [-0.25, -0.2) is 4.39 Å². The van der Waals surface area contributed by atoms with Crippen molar-refractivity contribution in [3.8, 4) is 5.75 Å². The molecule has 2 aliphatic heterocycles. The Kier molecular flexibility index (Phi) is 8.81. The number of piperidine rings is 1. The molecule has 188 valence electrons. The topological polar surface area (TPSA) is 59.1 Å². The van der Waals surface area contributed by atoms with Crippen LogP contribution in [0, 0.1) is 11.7 Å². The van der Waals surface area contributed by atoms with Crippen LogP contribution in [-0.2, 0) is 14.3 Å². The van der Waals surface area contributed by atoms with Crippen LogP contribution in [0.5, 0.6) is 5.75 Å². The zero-order valence-electron chi connectivity index (χ0n) is 20.3. The number of morpholine rings is 1. The van der Waals surface area contributed by atoms with Gasteiger partial charge < -0.3 is 19.3 Å². The lowest BCUT2D eigenvalue weighted by molar-refractivity contribution is -0.166. The van der Waals surface area contributed by atoms with Crippen LogP contribution < -0.4 is 4.74 Å². The molecule has 0 N–H and O–H groups in total. The third kappa shape index (κ3) is 6.94. The molecule has 2 saturated heterocycles. The summed E-state index contributed by atoms with van der Waals surface area (Å²) >= 11 is 0. The van der Waals surface area contributed by atoms with Crippen LogP contribution >= 0.6 is 0 Å². The number of halogens is 1. The molecule has 1 aliphatic carbocycles. The van der Waals surface area contributed by atoms with Crippen molar-refractivity contribution < 1.29 is 23.5 Å². The monoisotopic (exact) mass is 474 g/mol. The van der Waals surface area contributed by atoms with Gasteiger partial charge in [0.15, 0.2) is 0 Å². The van der Waals surface area contributed by atoms with Crippen LogP contribution in [0.1, 0.15) is 70.6 Å². The number of nitrogens with zero attached hydrogens (tertiary/aromatic N) is 2. The Hall–Kier alpha value is -2.15. The van der Waals surface area contributed by atoms with Gasteiger partial charge in [-0.3, -0.25) is 9.59 Å². The van der Waals surface area contributed by atoms with Gasteiger partial charge in [0, 0.05) is 26.1 Å². The minimum atomic E-state index is -0.901. The van der Waals surface area contributed by atoms with Crippen molar-refractivity contribution in [1.29, 1.82) is 0 Å². The fraction of sp³-hybridized carbons (Fsp3) is 0.704. The van der Waals surface area contributed by atoms with Gasteiger partial charge in [-0.05, 0) is 55.9 Å². The van der Waals surface area contributed by atoms with E-state index in [9.17, 15) is 14.0 Å². The van der Waals surface area contributed by atoms with Crippen molar-refractivity contribution >= 4 is 11.8 Å². The van der Waals surface area contributed by atoms with E-state index in [0.717, 1.165) is 38.8 Å². The predicted octanol–water partition coefficient (Wildman–Crippen LogP) is 4.57. The SMILES string of the molecule is O=C(CC1(COc2ccc(F)cc2)CN(C(=O)CCC2CCCCC2)CCO1)N1CCCCC1. The second-order valence-electron chi connectivity index (χ2n) is 10.3. The molecule has 6 nitrogen and oxygen atoms in total. The van der Waals surface area contributed by atoms with Gasteiger partial charge in [0.1, 0.15) is 23.8 Å². The molecule has 7 heteroatoms. The summed E-state index contributed by atoms with van der Waals surface area (Å²) in [5.41, 5.74) is -0.901. The Bertz CT molecular complexity index is 805. The number of ether oxygens (including phenoxy) is 2. The lowest BCUT2D eigenvalue weighted by Crippen LogP contribution is -2.58. The third-order valence-corrected chi connectivity index (χ3v) is 7.59. The van der Waals surface area contributed by atoms with Crippen molar-refractivity contribution in [2.24, 2.45) is 5.92 Å². The molecule has 4 rings (SSSR count). The molecular formula is C27H39FN2O4. The maximum atomic E-state index is 13.3. The van der Waals surface area contributed by atoms with Crippen LogP contribution in [0.2, 0.25) is 0 Å². The molecule has 0 aromatic heterocycles. The summed E-state index contributed by atoms with van der Waals surface area (Å²) in [7, 11) is 0. The van der Waals surface area contributed by atoms with Crippen molar-refractivity contribution in [2.75, 3.05) is 39.4 Å². The number of carbonyl (C=O) groups excluding carboxylic acids is 2. The number of carbonyl (C=O) groups is 2. The smallest absolute Gasteiger partial charge is 0.225 e. The molecule has 1 saturated carbocycles. The Morgan fingerprint density at radius 1 is 0.941 bits per heavy atom. The Labute approximate surface area is 202 Å². The van der Waals surface area contributed by atoms with E-state index in [2.05, 4.69) is 0 Å². The minimum absolute atomic E-state index is 0.0545. The van der Waals surface area contributed by atoms with E-state index in [1.807, 2.05) is 9.80 Å². The van der Waals surface area contributed by atoms with Crippen LogP contribution in [0.3, 0.4) is 0 Å². The molecule has 0 radical (unpaired) electrons. The molecule has 1 unspecified atom stereocenters. The van der Waals surface area contributed by atoms with Gasteiger partial charge >= 0.3 is 0 Å². The maximum absolute atomic E-state index is 13.3. The number of rotatable bonds is 8. The molecule has 1 aromatic carbocycles. The summed E-state index contributed by atoms with van der Waals surface area (Å²) in [6.45, 7) is 2.96. The van der Waals surface area contributed by atoms with Gasteiger partial charge in [0.05, 0.1) is 19.6 Å². The highest BCUT2D eigenvalue weighted by Crippen LogP contribution is 2.29.